The van der Waals surface area contributed by atoms with Gasteiger partial charge in [0.25, 0.3) is 0 Å². The van der Waals surface area contributed by atoms with Crippen LogP contribution in [0.3, 0.4) is 0 Å². The molecule has 2 rings (SSSR count). The normalized spacial score (nSPS) is 36.9. The van der Waals surface area contributed by atoms with E-state index in [2.05, 4.69) is 4.98 Å². The van der Waals surface area contributed by atoms with Crippen LogP contribution in [0.25, 0.3) is 0 Å². The lowest BCUT2D eigenvalue weighted by Crippen LogP contribution is -2.46. The predicted molar refractivity (Wildman–Crippen MR) is 45.3 cm³/mol. The molecule has 0 amide bonds. The topological polar surface area (TPSA) is 98.7 Å². The standard InChI is InChI=1S/C8H12N2O4/c11-3-4-5(12)6(13)7(14)8-9-1-2-10(4)8/h1-2,4-7,11-14H,3H2/t4-,5+,6+,7-/m0/s1. The van der Waals surface area contributed by atoms with Crippen LogP contribution < -0.4 is 0 Å². The largest absolute Gasteiger partial charge is 0.394 e. The molecule has 0 aromatic carbocycles. The van der Waals surface area contributed by atoms with Crippen LogP contribution in [0, 0.1) is 0 Å². The molecule has 2 heterocycles. The van der Waals surface area contributed by atoms with Crippen LogP contribution in [0.4, 0.5) is 0 Å². The van der Waals surface area contributed by atoms with Crippen LogP contribution in [0.15, 0.2) is 12.4 Å². The van der Waals surface area contributed by atoms with Crippen molar-refractivity contribution < 1.29 is 20.4 Å². The van der Waals surface area contributed by atoms with E-state index in [0.29, 0.717) is 0 Å². The third-order valence-corrected chi connectivity index (χ3v) is 2.58. The monoisotopic (exact) mass is 200 g/mol. The van der Waals surface area contributed by atoms with Gasteiger partial charge in [0.1, 0.15) is 24.1 Å². The molecule has 0 spiro atoms. The Morgan fingerprint density at radius 3 is 2.64 bits per heavy atom. The van der Waals surface area contributed by atoms with Crippen molar-refractivity contribution in [1.82, 2.24) is 9.55 Å². The number of aromatic nitrogens is 2. The first-order valence-electron chi connectivity index (χ1n) is 4.34. The Balaban J connectivity index is 2.44. The molecule has 1 aromatic rings. The molecule has 6 heteroatoms. The van der Waals surface area contributed by atoms with E-state index in [1.807, 2.05) is 0 Å². The molecule has 0 radical (unpaired) electrons. The molecule has 6 nitrogen and oxygen atoms in total. The molecule has 0 bridgehead atoms. The van der Waals surface area contributed by atoms with E-state index in [0.717, 1.165) is 0 Å². The van der Waals surface area contributed by atoms with E-state index in [-0.39, 0.29) is 12.4 Å². The first-order chi connectivity index (χ1) is 6.66. The fourth-order valence-electron chi connectivity index (χ4n) is 1.76. The Morgan fingerprint density at radius 1 is 1.29 bits per heavy atom. The summed E-state index contributed by atoms with van der Waals surface area (Å²) in [6.45, 7) is -0.311. The maximum absolute atomic E-state index is 9.55. The lowest BCUT2D eigenvalue weighted by Gasteiger charge is -2.35. The van der Waals surface area contributed by atoms with Crippen molar-refractivity contribution in [2.75, 3.05) is 6.61 Å². The fraction of sp³-hybridized carbons (Fsp3) is 0.625. The third-order valence-electron chi connectivity index (χ3n) is 2.58. The maximum Gasteiger partial charge on any atom is 0.140 e. The quantitative estimate of drug-likeness (QED) is 0.428. The third kappa shape index (κ3) is 1.16. The van der Waals surface area contributed by atoms with Crippen molar-refractivity contribution in [1.29, 1.82) is 0 Å². The average molecular weight is 200 g/mol. The molecule has 14 heavy (non-hydrogen) atoms. The zero-order chi connectivity index (χ0) is 10.3. The van der Waals surface area contributed by atoms with E-state index < -0.39 is 24.4 Å². The summed E-state index contributed by atoms with van der Waals surface area (Å²) in [6, 6.07) is -0.647. The van der Waals surface area contributed by atoms with Gasteiger partial charge in [-0.1, -0.05) is 0 Å². The number of rotatable bonds is 1. The van der Waals surface area contributed by atoms with Gasteiger partial charge in [-0.15, -0.1) is 0 Å². The summed E-state index contributed by atoms with van der Waals surface area (Å²) in [5.74, 6) is 0.266. The van der Waals surface area contributed by atoms with Crippen LogP contribution in [0.1, 0.15) is 18.0 Å². The maximum atomic E-state index is 9.55. The number of aliphatic hydroxyl groups excluding tert-OH is 4. The minimum atomic E-state index is -1.30. The Hall–Kier alpha value is -0.950. The Morgan fingerprint density at radius 2 is 2.00 bits per heavy atom. The Bertz CT molecular complexity index is 327. The molecule has 1 aliphatic heterocycles. The van der Waals surface area contributed by atoms with Crippen LogP contribution in [0.5, 0.6) is 0 Å². The van der Waals surface area contributed by atoms with Gasteiger partial charge in [-0.3, -0.25) is 0 Å². The molecule has 78 valence electrons. The Labute approximate surface area is 80.1 Å². The number of hydrogen-bond donors (Lipinski definition) is 4. The van der Waals surface area contributed by atoms with E-state index >= 15 is 0 Å². The van der Waals surface area contributed by atoms with Crippen molar-refractivity contribution in [3.63, 3.8) is 0 Å². The molecule has 1 aliphatic rings. The fourth-order valence-corrected chi connectivity index (χ4v) is 1.76. The molecule has 0 unspecified atom stereocenters. The number of imidazole rings is 1. The second kappa shape index (κ2) is 3.32. The highest BCUT2D eigenvalue weighted by atomic mass is 16.4. The summed E-state index contributed by atoms with van der Waals surface area (Å²) >= 11 is 0. The number of fused-ring (bicyclic) bond motifs is 1. The molecular formula is C8H12N2O4. The minimum absolute atomic E-state index is 0.266. The molecule has 0 saturated heterocycles. The Kier molecular flexibility index (Phi) is 2.28. The molecular weight excluding hydrogens is 188 g/mol. The summed E-state index contributed by atoms with van der Waals surface area (Å²) in [5.41, 5.74) is 0. The number of nitrogens with zero attached hydrogens (tertiary/aromatic N) is 2. The first kappa shape index (κ1) is 9.60. The molecule has 4 N–H and O–H groups in total. The lowest BCUT2D eigenvalue weighted by molar-refractivity contribution is -0.108. The van der Waals surface area contributed by atoms with E-state index in [9.17, 15) is 15.3 Å². The van der Waals surface area contributed by atoms with E-state index in [1.165, 1.54) is 10.8 Å². The van der Waals surface area contributed by atoms with E-state index in [4.69, 9.17) is 5.11 Å². The summed E-state index contributed by atoms with van der Waals surface area (Å²) in [5, 5.41) is 37.6. The van der Waals surface area contributed by atoms with Crippen molar-refractivity contribution in [2.24, 2.45) is 0 Å². The van der Waals surface area contributed by atoms with Gasteiger partial charge in [0.05, 0.1) is 12.6 Å². The minimum Gasteiger partial charge on any atom is -0.394 e. The van der Waals surface area contributed by atoms with Gasteiger partial charge >= 0.3 is 0 Å². The number of aliphatic hydroxyl groups is 4. The van der Waals surface area contributed by atoms with Gasteiger partial charge in [0.15, 0.2) is 0 Å². The SMILES string of the molecule is OC[C@H]1[C@@H](O)[C@@H](O)[C@H](O)c2nccn21. The van der Waals surface area contributed by atoms with Gasteiger partial charge in [-0.2, -0.15) is 0 Å². The van der Waals surface area contributed by atoms with Gasteiger partial charge in [0.2, 0.25) is 0 Å². The molecule has 0 saturated carbocycles. The summed E-state index contributed by atoms with van der Waals surface area (Å²) in [4.78, 5) is 3.85. The van der Waals surface area contributed by atoms with Crippen LogP contribution >= 0.6 is 0 Å². The zero-order valence-electron chi connectivity index (χ0n) is 7.35. The van der Waals surface area contributed by atoms with E-state index in [1.54, 1.807) is 6.20 Å². The van der Waals surface area contributed by atoms with Crippen LogP contribution in [0.2, 0.25) is 0 Å². The zero-order valence-corrected chi connectivity index (χ0v) is 7.35. The van der Waals surface area contributed by atoms with Crippen molar-refractivity contribution >= 4 is 0 Å². The smallest absolute Gasteiger partial charge is 0.140 e. The van der Waals surface area contributed by atoms with Gasteiger partial charge in [0, 0.05) is 12.4 Å². The average Bonchev–Trinajstić information content (AvgIpc) is 2.64. The summed E-state index contributed by atoms with van der Waals surface area (Å²) < 4.78 is 1.47. The molecule has 0 fully saturated rings. The molecule has 1 aromatic heterocycles. The second-order valence-electron chi connectivity index (χ2n) is 3.37. The van der Waals surface area contributed by atoms with Crippen LogP contribution in [-0.4, -0.2) is 48.8 Å². The highest BCUT2D eigenvalue weighted by Gasteiger charge is 2.40. The highest BCUT2D eigenvalue weighted by molar-refractivity contribution is 5.08. The van der Waals surface area contributed by atoms with Gasteiger partial charge < -0.3 is 25.0 Å². The van der Waals surface area contributed by atoms with Gasteiger partial charge in [-0.25, -0.2) is 4.98 Å². The van der Waals surface area contributed by atoms with Crippen molar-refractivity contribution in [2.45, 2.75) is 24.4 Å². The summed E-state index contributed by atoms with van der Waals surface area (Å²) in [7, 11) is 0. The van der Waals surface area contributed by atoms with Crippen molar-refractivity contribution in [3.8, 4) is 0 Å². The number of hydrogen-bond acceptors (Lipinski definition) is 5. The molecule has 4 atom stereocenters. The summed E-state index contributed by atoms with van der Waals surface area (Å²) in [6.07, 6.45) is -0.693. The van der Waals surface area contributed by atoms with Gasteiger partial charge in [-0.05, 0) is 0 Å². The van der Waals surface area contributed by atoms with Crippen LogP contribution in [-0.2, 0) is 0 Å². The second-order valence-corrected chi connectivity index (χ2v) is 3.37. The lowest BCUT2D eigenvalue weighted by atomic mass is 9.96. The molecule has 0 aliphatic carbocycles. The van der Waals surface area contributed by atoms with Crippen molar-refractivity contribution in [3.05, 3.63) is 18.2 Å². The predicted octanol–water partition coefficient (Wildman–Crippen LogP) is -1.81. The first-order valence-corrected chi connectivity index (χ1v) is 4.34. The highest BCUT2D eigenvalue weighted by Crippen LogP contribution is 2.30.